The maximum atomic E-state index is 10.6. The van der Waals surface area contributed by atoms with E-state index < -0.39 is 5.97 Å². The normalized spacial score (nSPS) is 15.2. The van der Waals surface area contributed by atoms with Gasteiger partial charge in [-0.25, -0.2) is 0 Å². The number of hydrogen-bond donors (Lipinski definition) is 2. The van der Waals surface area contributed by atoms with Gasteiger partial charge in [-0.15, -0.1) is 0 Å². The second-order valence-electron chi connectivity index (χ2n) is 5.69. The molecule has 0 aliphatic heterocycles. The van der Waals surface area contributed by atoms with Crippen molar-refractivity contribution in [3.05, 3.63) is 0 Å². The largest absolute Gasteiger partial charge is 0.481 e. The molecule has 0 radical (unpaired) electrons. The Morgan fingerprint density at radius 3 is 2.26 bits per heavy atom. The van der Waals surface area contributed by atoms with Gasteiger partial charge in [0.1, 0.15) is 0 Å². The number of hydrogen-bond acceptors (Lipinski definition) is 4. The summed E-state index contributed by atoms with van der Waals surface area (Å²) in [6.07, 6.45) is 2.22. The van der Waals surface area contributed by atoms with Gasteiger partial charge < -0.3 is 20.3 Å². The molecular formula is C14H29NO4. The first-order valence-corrected chi connectivity index (χ1v) is 6.94. The third kappa shape index (κ3) is 8.97. The molecule has 0 fully saturated rings. The molecule has 0 saturated heterocycles. The van der Waals surface area contributed by atoms with Crippen LogP contribution in [-0.2, 0) is 14.3 Å². The van der Waals surface area contributed by atoms with Gasteiger partial charge in [0.25, 0.3) is 0 Å². The van der Waals surface area contributed by atoms with Crippen molar-refractivity contribution in [2.45, 2.75) is 64.6 Å². The molecule has 0 bridgehead atoms. The molecule has 0 spiro atoms. The maximum absolute atomic E-state index is 10.6. The van der Waals surface area contributed by atoms with Crippen LogP contribution < -0.4 is 5.73 Å². The predicted octanol–water partition coefficient (Wildman–Crippen LogP) is 2.18. The van der Waals surface area contributed by atoms with Gasteiger partial charge in [-0.2, -0.15) is 0 Å². The molecule has 0 heterocycles. The number of carbonyl (C=O) groups is 1. The molecule has 5 heteroatoms. The zero-order chi connectivity index (χ0) is 14.9. The van der Waals surface area contributed by atoms with Gasteiger partial charge in [0.2, 0.25) is 0 Å². The monoisotopic (exact) mass is 275 g/mol. The minimum atomic E-state index is -0.783. The van der Waals surface area contributed by atoms with Crippen molar-refractivity contribution < 1.29 is 19.4 Å². The summed E-state index contributed by atoms with van der Waals surface area (Å²) < 4.78 is 11.5. The zero-order valence-electron chi connectivity index (χ0n) is 12.7. The van der Waals surface area contributed by atoms with Crippen LogP contribution in [0.5, 0.6) is 0 Å². The third-order valence-corrected chi connectivity index (χ3v) is 3.38. The summed E-state index contributed by atoms with van der Waals surface area (Å²) in [5.41, 5.74) is 4.78. The van der Waals surface area contributed by atoms with E-state index in [-0.39, 0.29) is 17.6 Å². The van der Waals surface area contributed by atoms with Crippen LogP contribution >= 0.6 is 0 Å². The van der Waals surface area contributed by atoms with E-state index in [2.05, 4.69) is 0 Å². The highest BCUT2D eigenvalue weighted by molar-refractivity contribution is 5.66. The van der Waals surface area contributed by atoms with Crippen LogP contribution in [-0.4, -0.2) is 42.0 Å². The lowest BCUT2D eigenvalue weighted by atomic mass is 9.96. The lowest BCUT2D eigenvalue weighted by Gasteiger charge is -2.31. The summed E-state index contributed by atoms with van der Waals surface area (Å²) in [6.45, 7) is 9.59. The zero-order valence-corrected chi connectivity index (χ0v) is 12.7. The van der Waals surface area contributed by atoms with Crippen molar-refractivity contribution in [2.24, 2.45) is 5.73 Å². The van der Waals surface area contributed by atoms with Crippen LogP contribution in [0.2, 0.25) is 0 Å². The fourth-order valence-corrected chi connectivity index (χ4v) is 1.67. The Bertz CT molecular complexity index is 268. The average Bonchev–Trinajstić information content (AvgIpc) is 2.34. The number of aliphatic carboxylic acids is 1. The van der Waals surface area contributed by atoms with Crippen LogP contribution in [0.25, 0.3) is 0 Å². The fraction of sp³-hybridized carbons (Fsp3) is 0.929. The first kappa shape index (κ1) is 18.4. The minimum Gasteiger partial charge on any atom is -0.481 e. The smallest absolute Gasteiger partial charge is 0.303 e. The van der Waals surface area contributed by atoms with E-state index in [1.807, 2.05) is 27.7 Å². The van der Waals surface area contributed by atoms with Crippen molar-refractivity contribution in [3.8, 4) is 0 Å². The van der Waals surface area contributed by atoms with E-state index in [1.165, 1.54) is 0 Å². The molecule has 0 aromatic carbocycles. The van der Waals surface area contributed by atoms with E-state index in [0.717, 1.165) is 12.8 Å². The summed E-state index contributed by atoms with van der Waals surface area (Å²) in [6, 6.07) is 0. The first-order valence-electron chi connectivity index (χ1n) is 6.94. The highest BCUT2D eigenvalue weighted by Gasteiger charge is 2.25. The molecule has 114 valence electrons. The topological polar surface area (TPSA) is 81.8 Å². The fourth-order valence-electron chi connectivity index (χ4n) is 1.67. The number of carboxylic acids is 1. The molecule has 5 nitrogen and oxygen atoms in total. The molecule has 1 unspecified atom stereocenters. The van der Waals surface area contributed by atoms with Crippen molar-refractivity contribution in [2.75, 3.05) is 19.8 Å². The lowest BCUT2D eigenvalue weighted by Crippen LogP contribution is -2.33. The Morgan fingerprint density at radius 1 is 1.16 bits per heavy atom. The molecule has 3 N–H and O–H groups in total. The molecule has 19 heavy (non-hydrogen) atoms. The summed E-state index contributed by atoms with van der Waals surface area (Å²) in [7, 11) is 0. The van der Waals surface area contributed by atoms with Gasteiger partial charge in [0, 0.05) is 13.0 Å². The molecule has 0 aliphatic rings. The summed E-state index contributed by atoms with van der Waals surface area (Å²) in [5.74, 6) is -0.783. The number of ether oxygens (including phenoxy) is 2. The van der Waals surface area contributed by atoms with Gasteiger partial charge >= 0.3 is 5.97 Å². The molecule has 0 amide bonds. The first-order chi connectivity index (χ1) is 8.74. The number of rotatable bonds is 11. The predicted molar refractivity (Wildman–Crippen MR) is 75.2 cm³/mol. The Balaban J connectivity index is 4.09. The van der Waals surface area contributed by atoms with Crippen LogP contribution in [0.15, 0.2) is 0 Å². The Hall–Kier alpha value is -0.650. The van der Waals surface area contributed by atoms with E-state index in [4.69, 9.17) is 20.3 Å². The summed E-state index contributed by atoms with van der Waals surface area (Å²) in [4.78, 5) is 10.6. The summed E-state index contributed by atoms with van der Waals surface area (Å²) in [5, 5.41) is 8.74. The average molecular weight is 275 g/mol. The second kappa shape index (κ2) is 8.51. The Morgan fingerprint density at radius 2 is 1.79 bits per heavy atom. The van der Waals surface area contributed by atoms with Gasteiger partial charge in [0.15, 0.2) is 0 Å². The lowest BCUT2D eigenvalue weighted by molar-refractivity contribution is -0.139. The second-order valence-corrected chi connectivity index (χ2v) is 5.69. The maximum Gasteiger partial charge on any atom is 0.303 e. The van der Waals surface area contributed by atoms with Crippen LogP contribution in [0.4, 0.5) is 0 Å². The van der Waals surface area contributed by atoms with Crippen molar-refractivity contribution >= 4 is 5.97 Å². The summed E-state index contributed by atoms with van der Waals surface area (Å²) >= 11 is 0. The van der Waals surface area contributed by atoms with E-state index in [1.54, 1.807) is 0 Å². The highest BCUT2D eigenvalue weighted by Crippen LogP contribution is 2.24. The van der Waals surface area contributed by atoms with Gasteiger partial charge in [-0.1, -0.05) is 6.92 Å². The van der Waals surface area contributed by atoms with E-state index in [0.29, 0.717) is 26.2 Å². The van der Waals surface area contributed by atoms with Crippen molar-refractivity contribution in [1.29, 1.82) is 0 Å². The quantitative estimate of drug-likeness (QED) is 0.604. The van der Waals surface area contributed by atoms with Crippen molar-refractivity contribution in [3.63, 3.8) is 0 Å². The molecule has 0 saturated carbocycles. The number of carboxylic acid groups (broad SMARTS) is 1. The molecule has 1 atom stereocenters. The van der Waals surface area contributed by atoms with E-state index in [9.17, 15) is 4.79 Å². The molecule has 0 aromatic heterocycles. The minimum absolute atomic E-state index is 0.136. The molecular weight excluding hydrogens is 246 g/mol. The highest BCUT2D eigenvalue weighted by atomic mass is 16.5. The Labute approximate surface area is 116 Å². The van der Waals surface area contributed by atoms with E-state index >= 15 is 0 Å². The van der Waals surface area contributed by atoms with Crippen LogP contribution in [0.1, 0.15) is 53.4 Å². The molecule has 0 rings (SSSR count). The molecule has 0 aromatic rings. The standard InChI is InChI=1S/C14H29NO4/c1-5-14(4,7-6-12(16)17)19-10-8-13(2,3)18-11-9-15/h5-11,15H2,1-4H3,(H,16,17). The van der Waals surface area contributed by atoms with Crippen molar-refractivity contribution in [1.82, 2.24) is 0 Å². The third-order valence-electron chi connectivity index (χ3n) is 3.38. The Kier molecular flexibility index (Phi) is 8.22. The van der Waals surface area contributed by atoms with Crippen LogP contribution in [0.3, 0.4) is 0 Å². The van der Waals surface area contributed by atoms with Gasteiger partial charge in [-0.3, -0.25) is 4.79 Å². The van der Waals surface area contributed by atoms with Gasteiger partial charge in [-0.05, 0) is 40.0 Å². The van der Waals surface area contributed by atoms with Crippen LogP contribution in [0, 0.1) is 0 Å². The SMILES string of the molecule is CCC(C)(CCC(=O)O)OCCC(C)(C)OCCN. The molecule has 0 aliphatic carbocycles. The van der Waals surface area contributed by atoms with Gasteiger partial charge in [0.05, 0.1) is 24.4 Å². The number of nitrogens with two attached hydrogens (primary N) is 1.